The number of phenols is 1. The molecule has 0 bridgehead atoms. The Labute approximate surface area is 155 Å². The van der Waals surface area contributed by atoms with E-state index in [0.717, 1.165) is 5.56 Å². The van der Waals surface area contributed by atoms with Gasteiger partial charge in [-0.3, -0.25) is 9.69 Å². The highest BCUT2D eigenvalue weighted by Gasteiger charge is 2.43. The van der Waals surface area contributed by atoms with Gasteiger partial charge >= 0.3 is 6.03 Å². The van der Waals surface area contributed by atoms with Crippen molar-refractivity contribution < 1.29 is 14.7 Å². The van der Waals surface area contributed by atoms with Crippen LogP contribution in [0, 0.1) is 0 Å². The van der Waals surface area contributed by atoms with E-state index in [9.17, 15) is 14.7 Å². The number of nitrogens with one attached hydrogen (secondary N) is 1. The summed E-state index contributed by atoms with van der Waals surface area (Å²) in [6.07, 6.45) is 0. The van der Waals surface area contributed by atoms with Gasteiger partial charge in [-0.05, 0) is 29.8 Å². The highest BCUT2D eigenvalue weighted by molar-refractivity contribution is 6.30. The summed E-state index contributed by atoms with van der Waals surface area (Å²) in [5.41, 5.74) is 2.55. The van der Waals surface area contributed by atoms with Crippen molar-refractivity contribution >= 4 is 29.2 Å². The summed E-state index contributed by atoms with van der Waals surface area (Å²) in [7, 11) is 1.64. The molecule has 0 aromatic heterocycles. The molecule has 6 nitrogen and oxygen atoms in total. The Morgan fingerprint density at radius 2 is 1.88 bits per heavy atom. The predicted octanol–water partition coefficient (Wildman–Crippen LogP) is 3.04. The third-order valence-corrected chi connectivity index (χ3v) is 4.96. The Morgan fingerprint density at radius 3 is 2.58 bits per heavy atom. The molecular formula is C19H16ClN3O3. The first kappa shape index (κ1) is 16.5. The number of amides is 3. The number of carbonyl (C=O) groups is 2. The summed E-state index contributed by atoms with van der Waals surface area (Å²) in [4.78, 5) is 28.5. The molecule has 1 atom stereocenters. The van der Waals surface area contributed by atoms with Gasteiger partial charge in [0, 0.05) is 23.8 Å². The number of hydrogen-bond donors (Lipinski definition) is 2. The van der Waals surface area contributed by atoms with Crippen LogP contribution >= 0.6 is 11.6 Å². The molecule has 0 spiro atoms. The number of rotatable bonds is 2. The zero-order chi connectivity index (χ0) is 18.4. The molecule has 0 saturated carbocycles. The SMILES string of the molecule is CN1C(=O)NC(c2ccc(Cl)cc2)C2=C1CN(c1cccc(O)c1)C2=O. The van der Waals surface area contributed by atoms with Crippen LogP contribution in [0.4, 0.5) is 10.5 Å². The number of urea groups is 1. The molecule has 0 aliphatic carbocycles. The van der Waals surface area contributed by atoms with Gasteiger partial charge in [0.05, 0.1) is 23.9 Å². The second-order valence-corrected chi connectivity index (χ2v) is 6.70. The molecule has 2 N–H and O–H groups in total. The van der Waals surface area contributed by atoms with E-state index < -0.39 is 6.04 Å². The van der Waals surface area contributed by atoms with E-state index in [0.29, 0.717) is 22.0 Å². The fourth-order valence-corrected chi connectivity index (χ4v) is 3.47. The van der Waals surface area contributed by atoms with Gasteiger partial charge in [0.2, 0.25) is 0 Å². The van der Waals surface area contributed by atoms with Gasteiger partial charge in [0.15, 0.2) is 0 Å². The molecule has 0 radical (unpaired) electrons. The number of halogens is 1. The fraction of sp³-hybridized carbons (Fsp3) is 0.158. The second-order valence-electron chi connectivity index (χ2n) is 6.26. The summed E-state index contributed by atoms with van der Waals surface area (Å²) in [6.45, 7) is 0.269. The lowest BCUT2D eigenvalue weighted by Crippen LogP contribution is -2.45. The molecule has 7 heteroatoms. The van der Waals surface area contributed by atoms with E-state index in [1.807, 2.05) is 0 Å². The largest absolute Gasteiger partial charge is 0.508 e. The Bertz CT molecular complexity index is 939. The third-order valence-electron chi connectivity index (χ3n) is 4.71. The maximum atomic E-state index is 13.1. The molecule has 2 heterocycles. The van der Waals surface area contributed by atoms with Crippen molar-refractivity contribution in [3.63, 3.8) is 0 Å². The van der Waals surface area contributed by atoms with Crippen LogP contribution in [-0.2, 0) is 4.79 Å². The summed E-state index contributed by atoms with van der Waals surface area (Å²) in [5.74, 6) is -0.116. The van der Waals surface area contributed by atoms with E-state index in [1.165, 1.54) is 11.0 Å². The van der Waals surface area contributed by atoms with Crippen LogP contribution in [0.2, 0.25) is 5.02 Å². The minimum atomic E-state index is -0.541. The van der Waals surface area contributed by atoms with Crippen LogP contribution in [0.1, 0.15) is 11.6 Å². The number of phenolic OH excluding ortho intramolecular Hbond substituents is 1. The topological polar surface area (TPSA) is 72.9 Å². The monoisotopic (exact) mass is 369 g/mol. The zero-order valence-corrected chi connectivity index (χ0v) is 14.7. The van der Waals surface area contributed by atoms with Crippen molar-refractivity contribution in [2.45, 2.75) is 6.04 Å². The lowest BCUT2D eigenvalue weighted by Gasteiger charge is -2.31. The standard InChI is InChI=1S/C19H16ClN3O3/c1-22-15-10-23(13-3-2-4-14(24)9-13)18(25)16(15)17(21-19(22)26)11-5-7-12(20)8-6-11/h2-9,17,24H,10H2,1H3,(H,21,26). The summed E-state index contributed by atoms with van der Waals surface area (Å²) >= 11 is 5.95. The van der Waals surface area contributed by atoms with Gasteiger partial charge in [-0.25, -0.2) is 4.79 Å². The molecule has 1 unspecified atom stereocenters. The van der Waals surface area contributed by atoms with E-state index in [4.69, 9.17) is 11.6 Å². The quantitative estimate of drug-likeness (QED) is 0.854. The van der Waals surface area contributed by atoms with Crippen molar-refractivity contribution in [2.24, 2.45) is 0 Å². The maximum Gasteiger partial charge on any atom is 0.322 e. The Morgan fingerprint density at radius 1 is 1.15 bits per heavy atom. The molecule has 0 fully saturated rings. The maximum absolute atomic E-state index is 13.1. The van der Waals surface area contributed by atoms with Crippen molar-refractivity contribution in [3.8, 4) is 5.75 Å². The molecular weight excluding hydrogens is 354 g/mol. The van der Waals surface area contributed by atoms with Crippen molar-refractivity contribution in [1.29, 1.82) is 0 Å². The van der Waals surface area contributed by atoms with Crippen molar-refractivity contribution in [2.75, 3.05) is 18.5 Å². The highest BCUT2D eigenvalue weighted by atomic mass is 35.5. The van der Waals surface area contributed by atoms with Crippen LogP contribution in [0.15, 0.2) is 59.8 Å². The first-order valence-electron chi connectivity index (χ1n) is 8.09. The molecule has 2 aliphatic rings. The van der Waals surface area contributed by atoms with Crippen molar-refractivity contribution in [1.82, 2.24) is 10.2 Å². The molecule has 2 aromatic carbocycles. The smallest absolute Gasteiger partial charge is 0.322 e. The van der Waals surface area contributed by atoms with Gasteiger partial charge < -0.3 is 15.3 Å². The number of likely N-dealkylation sites (N-methyl/N-ethyl adjacent to an activating group) is 1. The molecule has 2 aliphatic heterocycles. The van der Waals surface area contributed by atoms with E-state index in [1.54, 1.807) is 54.4 Å². The first-order chi connectivity index (χ1) is 12.5. The van der Waals surface area contributed by atoms with E-state index >= 15 is 0 Å². The Hall–Kier alpha value is -2.99. The highest BCUT2D eigenvalue weighted by Crippen LogP contribution is 2.38. The lowest BCUT2D eigenvalue weighted by molar-refractivity contribution is -0.114. The zero-order valence-electron chi connectivity index (χ0n) is 13.9. The average Bonchev–Trinajstić information content (AvgIpc) is 2.97. The molecule has 132 valence electrons. The van der Waals surface area contributed by atoms with Crippen LogP contribution in [-0.4, -0.2) is 35.5 Å². The van der Waals surface area contributed by atoms with Gasteiger partial charge in [-0.15, -0.1) is 0 Å². The second kappa shape index (κ2) is 6.07. The number of aromatic hydroxyl groups is 1. The van der Waals surface area contributed by atoms with Gasteiger partial charge in [-0.2, -0.15) is 0 Å². The Balaban J connectivity index is 1.76. The van der Waals surface area contributed by atoms with E-state index in [2.05, 4.69) is 5.32 Å². The lowest BCUT2D eigenvalue weighted by atomic mass is 9.96. The summed E-state index contributed by atoms with van der Waals surface area (Å²) < 4.78 is 0. The number of nitrogens with zero attached hydrogens (tertiary/aromatic N) is 2. The molecule has 0 saturated heterocycles. The van der Waals surface area contributed by atoms with Crippen LogP contribution in [0.3, 0.4) is 0 Å². The van der Waals surface area contributed by atoms with Crippen LogP contribution < -0.4 is 10.2 Å². The number of anilines is 1. The summed E-state index contributed by atoms with van der Waals surface area (Å²) in [5, 5.41) is 13.2. The van der Waals surface area contributed by atoms with Gasteiger partial charge in [0.25, 0.3) is 5.91 Å². The van der Waals surface area contributed by atoms with Crippen LogP contribution in [0.5, 0.6) is 5.75 Å². The van der Waals surface area contributed by atoms with Crippen molar-refractivity contribution in [3.05, 3.63) is 70.4 Å². The van der Waals surface area contributed by atoms with Gasteiger partial charge in [0.1, 0.15) is 5.75 Å². The van der Waals surface area contributed by atoms with Gasteiger partial charge in [-0.1, -0.05) is 29.8 Å². The molecule has 26 heavy (non-hydrogen) atoms. The molecule has 4 rings (SSSR count). The fourth-order valence-electron chi connectivity index (χ4n) is 3.34. The molecule has 2 aromatic rings. The number of carbonyl (C=O) groups excluding carboxylic acids is 2. The normalized spacial score (nSPS) is 19.7. The predicted molar refractivity (Wildman–Crippen MR) is 98.0 cm³/mol. The average molecular weight is 370 g/mol. The third kappa shape index (κ3) is 2.59. The number of hydrogen-bond acceptors (Lipinski definition) is 3. The minimum absolute atomic E-state index is 0.0805. The first-order valence-corrected chi connectivity index (χ1v) is 8.47. The summed E-state index contributed by atoms with van der Waals surface area (Å²) in [6, 6.07) is 12.8. The number of benzene rings is 2. The van der Waals surface area contributed by atoms with E-state index in [-0.39, 0.29) is 24.2 Å². The Kier molecular flexibility index (Phi) is 3.85. The minimum Gasteiger partial charge on any atom is -0.508 e. The van der Waals surface area contributed by atoms with Crippen LogP contribution in [0.25, 0.3) is 0 Å². The molecule has 3 amide bonds.